The van der Waals surface area contributed by atoms with Gasteiger partial charge in [-0.25, -0.2) is 15.0 Å². The third kappa shape index (κ3) is 2.14. The molecule has 0 saturated heterocycles. The minimum Gasteiger partial charge on any atom is -0.382 e. The Balaban J connectivity index is 2.30. The highest BCUT2D eigenvalue weighted by molar-refractivity contribution is 5.79. The van der Waals surface area contributed by atoms with Crippen LogP contribution in [0.15, 0.2) is 17.2 Å². The lowest BCUT2D eigenvalue weighted by atomic mass is 10.2. The van der Waals surface area contributed by atoms with Crippen molar-refractivity contribution in [1.29, 1.82) is 0 Å². The van der Waals surface area contributed by atoms with E-state index < -0.39 is 0 Å². The van der Waals surface area contributed by atoms with Crippen LogP contribution in [0.2, 0.25) is 0 Å². The molecule has 3 aromatic rings. The smallest absolute Gasteiger partial charge is 0.277 e. The number of H-pyrrole nitrogens is 1. The van der Waals surface area contributed by atoms with Gasteiger partial charge >= 0.3 is 0 Å². The summed E-state index contributed by atoms with van der Waals surface area (Å²) in [7, 11) is 1.73. The lowest BCUT2D eigenvalue weighted by molar-refractivity contribution is 0.751. The first kappa shape index (κ1) is 13.2. The highest BCUT2D eigenvalue weighted by atomic mass is 16.1. The minimum absolute atomic E-state index is 0.223. The molecule has 0 aliphatic carbocycles. The molecule has 3 heterocycles. The van der Waals surface area contributed by atoms with Gasteiger partial charge in [0.05, 0.1) is 5.69 Å². The number of nitrogens with one attached hydrogen (secondary N) is 1. The number of hydrogen-bond acceptors (Lipinski definition) is 6. The van der Waals surface area contributed by atoms with Crippen LogP contribution >= 0.6 is 0 Å². The molecule has 0 amide bonds. The number of nitrogen functional groups attached to an aromatic ring is 1. The highest BCUT2D eigenvalue weighted by Crippen LogP contribution is 2.20. The van der Waals surface area contributed by atoms with Gasteiger partial charge in [-0.15, -0.1) is 0 Å². The molecule has 0 bridgehead atoms. The summed E-state index contributed by atoms with van der Waals surface area (Å²) in [5.74, 6) is 0.532. The zero-order valence-electron chi connectivity index (χ0n) is 11.8. The summed E-state index contributed by atoms with van der Waals surface area (Å²) in [5.41, 5.74) is 7.72. The molecule has 0 fully saturated rings. The van der Waals surface area contributed by atoms with Crippen LogP contribution in [-0.4, -0.2) is 29.7 Å². The molecule has 8 nitrogen and oxygen atoms in total. The molecule has 0 aliphatic heterocycles. The van der Waals surface area contributed by atoms with Gasteiger partial charge in [-0.05, 0) is 6.42 Å². The number of nitrogens with zero attached hydrogens (tertiary/aromatic N) is 5. The van der Waals surface area contributed by atoms with Crippen molar-refractivity contribution < 1.29 is 0 Å². The van der Waals surface area contributed by atoms with Gasteiger partial charge in [-0.1, -0.05) is 13.3 Å². The molecule has 0 atom stereocenters. The van der Waals surface area contributed by atoms with Gasteiger partial charge in [0, 0.05) is 19.4 Å². The van der Waals surface area contributed by atoms with Gasteiger partial charge in [-0.3, -0.25) is 9.48 Å². The maximum Gasteiger partial charge on any atom is 0.277 e. The Morgan fingerprint density at radius 3 is 2.81 bits per heavy atom. The molecule has 0 spiro atoms. The third-order valence-corrected chi connectivity index (χ3v) is 3.20. The van der Waals surface area contributed by atoms with Crippen LogP contribution in [0.4, 0.5) is 5.82 Å². The molecule has 21 heavy (non-hydrogen) atoms. The van der Waals surface area contributed by atoms with E-state index in [0.717, 1.165) is 18.5 Å². The van der Waals surface area contributed by atoms with Gasteiger partial charge in [0.1, 0.15) is 11.2 Å². The minimum atomic E-state index is -0.266. The van der Waals surface area contributed by atoms with E-state index in [1.807, 2.05) is 0 Å². The molecule has 108 valence electrons. The zero-order valence-corrected chi connectivity index (χ0v) is 11.8. The monoisotopic (exact) mass is 285 g/mol. The van der Waals surface area contributed by atoms with E-state index in [0.29, 0.717) is 22.6 Å². The van der Waals surface area contributed by atoms with E-state index >= 15 is 0 Å². The Bertz CT molecular complexity index is 865. The van der Waals surface area contributed by atoms with Crippen LogP contribution in [0.1, 0.15) is 19.0 Å². The summed E-state index contributed by atoms with van der Waals surface area (Å²) >= 11 is 0. The number of aromatic amines is 1. The Kier molecular flexibility index (Phi) is 3.13. The van der Waals surface area contributed by atoms with Crippen molar-refractivity contribution >= 4 is 16.9 Å². The fourth-order valence-corrected chi connectivity index (χ4v) is 2.30. The lowest BCUT2D eigenvalue weighted by Crippen LogP contribution is -2.13. The van der Waals surface area contributed by atoms with E-state index in [1.54, 1.807) is 11.7 Å². The number of anilines is 1. The third-order valence-electron chi connectivity index (χ3n) is 3.20. The highest BCUT2D eigenvalue weighted by Gasteiger charge is 2.16. The molecule has 0 saturated carbocycles. The Morgan fingerprint density at radius 1 is 1.33 bits per heavy atom. The molecule has 8 heteroatoms. The van der Waals surface area contributed by atoms with E-state index in [-0.39, 0.29) is 11.4 Å². The normalized spacial score (nSPS) is 11.1. The second-order valence-corrected chi connectivity index (χ2v) is 4.72. The van der Waals surface area contributed by atoms with E-state index in [2.05, 4.69) is 32.0 Å². The topological polar surface area (TPSA) is 115 Å². The van der Waals surface area contributed by atoms with Crippen molar-refractivity contribution in [2.75, 3.05) is 5.73 Å². The van der Waals surface area contributed by atoms with Crippen molar-refractivity contribution in [2.24, 2.45) is 7.05 Å². The lowest BCUT2D eigenvalue weighted by Gasteiger charge is -2.03. The van der Waals surface area contributed by atoms with Crippen LogP contribution in [-0.2, 0) is 13.5 Å². The molecule has 3 rings (SSSR count). The second kappa shape index (κ2) is 4.97. The summed E-state index contributed by atoms with van der Waals surface area (Å²) in [6.45, 7) is 2.05. The molecule has 3 aromatic heterocycles. The van der Waals surface area contributed by atoms with Gasteiger partial charge in [-0.2, -0.15) is 5.10 Å². The Morgan fingerprint density at radius 2 is 2.10 bits per heavy atom. The van der Waals surface area contributed by atoms with E-state index in [9.17, 15) is 4.79 Å². The van der Waals surface area contributed by atoms with Gasteiger partial charge in [0.2, 0.25) is 0 Å². The quantitative estimate of drug-likeness (QED) is 0.730. The summed E-state index contributed by atoms with van der Waals surface area (Å²) < 4.78 is 1.55. The number of aryl methyl sites for hydroxylation is 2. The Labute approximate surface area is 120 Å². The van der Waals surface area contributed by atoms with Crippen molar-refractivity contribution in [3.63, 3.8) is 0 Å². The van der Waals surface area contributed by atoms with Crippen molar-refractivity contribution in [3.8, 4) is 11.5 Å². The summed E-state index contributed by atoms with van der Waals surface area (Å²) in [4.78, 5) is 27.5. The second-order valence-electron chi connectivity index (χ2n) is 4.72. The van der Waals surface area contributed by atoms with Crippen molar-refractivity contribution in [1.82, 2.24) is 29.7 Å². The SMILES string of the molecule is CCCc1nn(C)c2c(=O)[nH]c(-c3nccnc3N)nc12. The molecule has 0 radical (unpaired) electrons. The predicted molar refractivity (Wildman–Crippen MR) is 78.6 cm³/mol. The van der Waals surface area contributed by atoms with Crippen molar-refractivity contribution in [3.05, 3.63) is 28.4 Å². The maximum absolute atomic E-state index is 12.3. The molecule has 0 unspecified atom stereocenters. The summed E-state index contributed by atoms with van der Waals surface area (Å²) in [5, 5.41) is 4.36. The van der Waals surface area contributed by atoms with E-state index in [1.165, 1.54) is 12.4 Å². The zero-order chi connectivity index (χ0) is 15.0. The molecular weight excluding hydrogens is 270 g/mol. The van der Waals surface area contributed by atoms with Crippen LogP contribution < -0.4 is 11.3 Å². The van der Waals surface area contributed by atoms with Crippen LogP contribution in [0, 0.1) is 0 Å². The summed E-state index contributed by atoms with van der Waals surface area (Å²) in [6, 6.07) is 0. The number of fused-ring (bicyclic) bond motifs is 1. The fourth-order valence-electron chi connectivity index (χ4n) is 2.30. The van der Waals surface area contributed by atoms with Gasteiger partial charge in [0.25, 0.3) is 5.56 Å². The predicted octanol–water partition coefficient (Wildman–Crippen LogP) is 0.648. The standard InChI is InChI=1S/C13H15N7O/c1-3-4-7-8-10(20(2)19-7)13(21)18-12(17-8)9-11(14)16-6-5-15-9/h5-6H,3-4H2,1-2H3,(H2,14,16)(H,17,18,21). The first-order chi connectivity index (χ1) is 10.1. The number of rotatable bonds is 3. The first-order valence-corrected chi connectivity index (χ1v) is 6.64. The van der Waals surface area contributed by atoms with Crippen molar-refractivity contribution in [2.45, 2.75) is 19.8 Å². The largest absolute Gasteiger partial charge is 0.382 e. The van der Waals surface area contributed by atoms with Crippen LogP contribution in [0.5, 0.6) is 0 Å². The maximum atomic E-state index is 12.3. The van der Waals surface area contributed by atoms with Crippen LogP contribution in [0.25, 0.3) is 22.6 Å². The molecule has 0 aliphatic rings. The Hall–Kier alpha value is -2.77. The summed E-state index contributed by atoms with van der Waals surface area (Å²) in [6.07, 6.45) is 4.67. The average molecular weight is 285 g/mol. The average Bonchev–Trinajstić information content (AvgIpc) is 2.77. The number of nitrogens with two attached hydrogens (primary N) is 1. The number of aromatic nitrogens is 6. The molecule has 3 N–H and O–H groups in total. The first-order valence-electron chi connectivity index (χ1n) is 6.64. The van der Waals surface area contributed by atoms with Gasteiger partial charge < -0.3 is 10.7 Å². The van der Waals surface area contributed by atoms with Crippen LogP contribution in [0.3, 0.4) is 0 Å². The number of hydrogen-bond donors (Lipinski definition) is 2. The molecule has 0 aromatic carbocycles. The molecular formula is C13H15N7O. The fraction of sp³-hybridized carbons (Fsp3) is 0.308. The van der Waals surface area contributed by atoms with Gasteiger partial charge in [0.15, 0.2) is 17.2 Å². The van der Waals surface area contributed by atoms with E-state index in [4.69, 9.17) is 5.73 Å².